The SMILES string of the molecule is CC(C)(C)OC(=O)NCc1cc2cc(C3C=CC(C(=O)N4CCC(F)(F)CC4)=CN3)cc(-c3ccc(F)cc3F)c2o1. The van der Waals surface area contributed by atoms with Gasteiger partial charge in [0.2, 0.25) is 0 Å². The van der Waals surface area contributed by atoms with Crippen LogP contribution in [0.15, 0.2) is 64.7 Å². The summed E-state index contributed by atoms with van der Waals surface area (Å²) < 4.78 is 67.0. The number of carbonyl (C=O) groups excluding carboxylic acids is 2. The predicted molar refractivity (Wildman–Crippen MR) is 149 cm³/mol. The molecule has 1 unspecified atom stereocenters. The molecule has 1 saturated heterocycles. The summed E-state index contributed by atoms with van der Waals surface area (Å²) in [6.45, 7) is 5.22. The van der Waals surface area contributed by atoms with Crippen LogP contribution in [-0.4, -0.2) is 41.5 Å². The molecule has 2 aliphatic rings. The highest BCUT2D eigenvalue weighted by atomic mass is 19.3. The Balaban J connectivity index is 1.41. The molecular weight excluding hydrogens is 554 g/mol. The molecule has 0 radical (unpaired) electrons. The number of alkyl halides is 2. The normalized spacial score (nSPS) is 18.4. The summed E-state index contributed by atoms with van der Waals surface area (Å²) >= 11 is 0. The van der Waals surface area contributed by atoms with Crippen LogP contribution >= 0.6 is 0 Å². The van der Waals surface area contributed by atoms with Gasteiger partial charge in [-0.25, -0.2) is 22.4 Å². The number of hydrogen-bond acceptors (Lipinski definition) is 5. The first kappa shape index (κ1) is 29.2. The number of furan rings is 1. The van der Waals surface area contributed by atoms with E-state index in [4.69, 9.17) is 9.15 Å². The number of alkyl carbamates (subject to hydrolysis) is 1. The average molecular weight is 586 g/mol. The van der Waals surface area contributed by atoms with Crippen molar-refractivity contribution >= 4 is 23.0 Å². The Morgan fingerprint density at radius 3 is 2.48 bits per heavy atom. The van der Waals surface area contributed by atoms with Crippen LogP contribution in [0.3, 0.4) is 0 Å². The minimum Gasteiger partial charge on any atom is -0.459 e. The van der Waals surface area contributed by atoms with Gasteiger partial charge in [-0.15, -0.1) is 0 Å². The molecule has 2 aliphatic heterocycles. The number of amides is 2. The third kappa shape index (κ3) is 6.61. The molecule has 3 aromatic rings. The topological polar surface area (TPSA) is 83.8 Å². The zero-order valence-corrected chi connectivity index (χ0v) is 23.4. The van der Waals surface area contributed by atoms with Gasteiger partial charge in [-0.1, -0.05) is 6.08 Å². The predicted octanol–water partition coefficient (Wildman–Crippen LogP) is 6.74. The number of likely N-dealkylation sites (tertiary alicyclic amines) is 1. The molecule has 3 heterocycles. The number of piperidine rings is 1. The van der Waals surface area contributed by atoms with E-state index in [0.717, 1.165) is 12.1 Å². The molecule has 0 saturated carbocycles. The van der Waals surface area contributed by atoms with Crippen molar-refractivity contribution in [2.24, 2.45) is 0 Å². The number of nitrogens with zero attached hydrogens (tertiary/aromatic N) is 1. The Hall–Kier alpha value is -4.28. The quantitative estimate of drug-likeness (QED) is 0.324. The van der Waals surface area contributed by atoms with Crippen molar-refractivity contribution in [1.29, 1.82) is 0 Å². The zero-order chi connectivity index (χ0) is 30.2. The Labute approximate surface area is 240 Å². The van der Waals surface area contributed by atoms with Gasteiger partial charge < -0.3 is 24.7 Å². The maximum absolute atomic E-state index is 14.9. The van der Waals surface area contributed by atoms with E-state index in [1.807, 2.05) is 6.07 Å². The van der Waals surface area contributed by atoms with Crippen LogP contribution in [0.2, 0.25) is 0 Å². The van der Waals surface area contributed by atoms with Crippen molar-refractivity contribution in [2.75, 3.05) is 13.1 Å². The summed E-state index contributed by atoms with van der Waals surface area (Å²) in [7, 11) is 0. The zero-order valence-electron chi connectivity index (χ0n) is 23.4. The lowest BCUT2D eigenvalue weighted by molar-refractivity contribution is -0.132. The molecule has 1 aromatic heterocycles. The standard InChI is InChI=1S/C31H31F4N3O4/c1-30(2,3)42-29(40)37-17-22-13-20-12-19(14-24(27(20)41-22)23-6-5-21(32)15-25(23)33)26-7-4-18(16-36-26)28(39)38-10-8-31(34,35)9-11-38/h4-7,12-16,26,36H,8-11,17H2,1-3H3,(H,37,40). The van der Waals surface area contributed by atoms with Crippen LogP contribution < -0.4 is 10.6 Å². The summed E-state index contributed by atoms with van der Waals surface area (Å²) in [5.41, 5.74) is 1.20. The van der Waals surface area contributed by atoms with Crippen molar-refractivity contribution in [3.63, 3.8) is 0 Å². The maximum Gasteiger partial charge on any atom is 0.408 e. The second kappa shape index (κ2) is 11.2. The van der Waals surface area contributed by atoms with Gasteiger partial charge in [0.15, 0.2) is 0 Å². The van der Waals surface area contributed by atoms with Gasteiger partial charge in [-0.2, -0.15) is 0 Å². The highest BCUT2D eigenvalue weighted by molar-refractivity contribution is 5.97. The number of halogens is 4. The van der Waals surface area contributed by atoms with Crippen LogP contribution in [-0.2, 0) is 16.1 Å². The van der Waals surface area contributed by atoms with Crippen molar-refractivity contribution in [2.45, 2.75) is 57.7 Å². The molecule has 0 spiro atoms. The minimum absolute atomic E-state index is 0.0164. The lowest BCUT2D eigenvalue weighted by atomic mass is 9.95. The van der Waals surface area contributed by atoms with E-state index >= 15 is 0 Å². The molecular formula is C31H31F4N3O4. The number of carbonyl (C=O) groups is 2. The number of rotatable bonds is 5. The summed E-state index contributed by atoms with van der Waals surface area (Å²) in [6.07, 6.45) is 3.56. The molecule has 1 fully saturated rings. The highest BCUT2D eigenvalue weighted by Gasteiger charge is 2.36. The minimum atomic E-state index is -2.75. The van der Waals surface area contributed by atoms with Gasteiger partial charge in [0, 0.05) is 54.7 Å². The number of benzene rings is 2. The Morgan fingerprint density at radius 2 is 1.83 bits per heavy atom. The first-order valence-electron chi connectivity index (χ1n) is 13.6. The fourth-order valence-corrected chi connectivity index (χ4v) is 4.92. The molecule has 11 heteroatoms. The van der Waals surface area contributed by atoms with Crippen molar-refractivity contribution in [3.8, 4) is 11.1 Å². The van der Waals surface area contributed by atoms with Gasteiger partial charge in [0.05, 0.1) is 18.2 Å². The molecule has 7 nitrogen and oxygen atoms in total. The fourth-order valence-electron chi connectivity index (χ4n) is 4.92. The molecule has 2 amide bonds. The number of dihydropyridines is 1. The summed E-state index contributed by atoms with van der Waals surface area (Å²) in [5.74, 6) is -4.19. The summed E-state index contributed by atoms with van der Waals surface area (Å²) in [6, 6.07) is 8.10. The molecule has 0 bridgehead atoms. The summed E-state index contributed by atoms with van der Waals surface area (Å²) in [4.78, 5) is 26.4. The van der Waals surface area contributed by atoms with E-state index < -0.39 is 35.3 Å². The molecule has 42 heavy (non-hydrogen) atoms. The van der Waals surface area contributed by atoms with Crippen molar-refractivity contribution in [1.82, 2.24) is 15.5 Å². The van der Waals surface area contributed by atoms with Crippen LogP contribution in [0.5, 0.6) is 0 Å². The van der Waals surface area contributed by atoms with Crippen LogP contribution in [0, 0.1) is 11.6 Å². The van der Waals surface area contributed by atoms with Gasteiger partial charge in [0.1, 0.15) is 28.6 Å². The van der Waals surface area contributed by atoms with Gasteiger partial charge >= 0.3 is 6.09 Å². The van der Waals surface area contributed by atoms with Crippen molar-refractivity contribution < 1.29 is 36.3 Å². The van der Waals surface area contributed by atoms with Gasteiger partial charge in [0.25, 0.3) is 11.8 Å². The van der Waals surface area contributed by atoms with Crippen LogP contribution in [0.1, 0.15) is 51.0 Å². The molecule has 1 atom stereocenters. The van der Waals surface area contributed by atoms with Crippen LogP contribution in [0.4, 0.5) is 22.4 Å². The van der Waals surface area contributed by atoms with Crippen molar-refractivity contribution in [3.05, 3.63) is 83.3 Å². The number of hydrogen-bond donors (Lipinski definition) is 2. The van der Waals surface area contributed by atoms with E-state index in [0.29, 0.717) is 33.4 Å². The third-order valence-electron chi connectivity index (χ3n) is 6.99. The number of nitrogens with one attached hydrogen (secondary N) is 2. The second-order valence-electron chi connectivity index (χ2n) is 11.4. The molecule has 2 aromatic carbocycles. The Kier molecular flexibility index (Phi) is 7.78. The van der Waals surface area contributed by atoms with E-state index in [2.05, 4.69) is 10.6 Å². The first-order chi connectivity index (χ1) is 19.8. The highest BCUT2D eigenvalue weighted by Crippen LogP contribution is 2.37. The smallest absolute Gasteiger partial charge is 0.408 e. The summed E-state index contributed by atoms with van der Waals surface area (Å²) in [5, 5.41) is 6.40. The molecule has 5 rings (SSSR count). The Morgan fingerprint density at radius 1 is 1.10 bits per heavy atom. The lowest BCUT2D eigenvalue weighted by Gasteiger charge is -2.32. The fraction of sp³-hybridized carbons (Fsp3) is 0.355. The van der Waals surface area contributed by atoms with E-state index in [1.54, 1.807) is 45.1 Å². The monoisotopic (exact) mass is 585 g/mol. The largest absolute Gasteiger partial charge is 0.459 e. The lowest BCUT2D eigenvalue weighted by Crippen LogP contribution is -2.43. The third-order valence-corrected chi connectivity index (χ3v) is 6.99. The van der Waals surface area contributed by atoms with Gasteiger partial charge in [-0.05, 0) is 62.7 Å². The van der Waals surface area contributed by atoms with E-state index in [1.165, 1.54) is 17.2 Å². The Bertz CT molecular complexity index is 1580. The average Bonchev–Trinajstić information content (AvgIpc) is 3.34. The second-order valence-corrected chi connectivity index (χ2v) is 11.4. The van der Waals surface area contributed by atoms with E-state index in [-0.39, 0.29) is 43.9 Å². The van der Waals surface area contributed by atoms with Gasteiger partial charge in [-0.3, -0.25) is 4.79 Å². The number of fused-ring (bicyclic) bond motifs is 1. The number of ether oxygens (including phenoxy) is 1. The maximum atomic E-state index is 14.9. The molecule has 2 N–H and O–H groups in total. The molecule has 0 aliphatic carbocycles. The molecule has 222 valence electrons. The van der Waals surface area contributed by atoms with Crippen LogP contribution in [0.25, 0.3) is 22.1 Å². The first-order valence-corrected chi connectivity index (χ1v) is 13.6. The van der Waals surface area contributed by atoms with E-state index in [9.17, 15) is 27.2 Å².